The van der Waals surface area contributed by atoms with Gasteiger partial charge < -0.3 is 9.47 Å². The largest absolute Gasteiger partial charge is 0.496 e. The SMILES string of the molecule is COc1ccc(Oc2ccccc2)cc1C(=O)N(C)OC. The Kier molecular flexibility index (Phi) is 4.79. The summed E-state index contributed by atoms with van der Waals surface area (Å²) < 4.78 is 10.9. The van der Waals surface area contributed by atoms with Gasteiger partial charge in [0.05, 0.1) is 19.8 Å². The van der Waals surface area contributed by atoms with Crippen LogP contribution in [-0.2, 0) is 4.84 Å². The van der Waals surface area contributed by atoms with Crippen molar-refractivity contribution < 1.29 is 19.1 Å². The van der Waals surface area contributed by atoms with E-state index in [-0.39, 0.29) is 5.91 Å². The summed E-state index contributed by atoms with van der Waals surface area (Å²) in [6.07, 6.45) is 0. The highest BCUT2D eigenvalue weighted by molar-refractivity contribution is 5.96. The number of benzene rings is 2. The first-order valence-electron chi connectivity index (χ1n) is 6.39. The predicted octanol–water partition coefficient (Wildman–Crippen LogP) is 3.12. The van der Waals surface area contributed by atoms with Gasteiger partial charge in [-0.1, -0.05) is 18.2 Å². The van der Waals surface area contributed by atoms with Crippen molar-refractivity contribution in [2.24, 2.45) is 0 Å². The van der Waals surface area contributed by atoms with E-state index in [4.69, 9.17) is 14.3 Å². The molecular weight excluding hydrogens is 270 g/mol. The third-order valence-electron chi connectivity index (χ3n) is 2.94. The number of para-hydroxylation sites is 1. The van der Waals surface area contributed by atoms with E-state index in [1.807, 2.05) is 30.3 Å². The smallest absolute Gasteiger partial charge is 0.281 e. The molecule has 0 N–H and O–H groups in total. The molecule has 2 rings (SSSR count). The molecule has 1 amide bonds. The van der Waals surface area contributed by atoms with Crippen molar-refractivity contribution in [3.05, 3.63) is 54.1 Å². The minimum absolute atomic E-state index is 0.312. The van der Waals surface area contributed by atoms with E-state index in [0.717, 1.165) is 5.06 Å². The predicted molar refractivity (Wildman–Crippen MR) is 78.6 cm³/mol. The van der Waals surface area contributed by atoms with Crippen LogP contribution in [0.15, 0.2) is 48.5 Å². The van der Waals surface area contributed by atoms with Crippen LogP contribution in [0.3, 0.4) is 0 Å². The summed E-state index contributed by atoms with van der Waals surface area (Å²) >= 11 is 0. The third-order valence-corrected chi connectivity index (χ3v) is 2.94. The first kappa shape index (κ1) is 14.9. The van der Waals surface area contributed by atoms with Crippen molar-refractivity contribution in [2.75, 3.05) is 21.3 Å². The molecule has 0 atom stereocenters. The lowest BCUT2D eigenvalue weighted by molar-refractivity contribution is -0.0758. The summed E-state index contributed by atoms with van der Waals surface area (Å²) in [6, 6.07) is 14.4. The molecule has 2 aromatic carbocycles. The molecule has 0 saturated carbocycles. The van der Waals surface area contributed by atoms with Gasteiger partial charge in [-0.05, 0) is 30.3 Å². The van der Waals surface area contributed by atoms with Crippen LogP contribution in [0.4, 0.5) is 0 Å². The molecule has 110 valence electrons. The second-order valence-electron chi connectivity index (χ2n) is 4.26. The topological polar surface area (TPSA) is 48.0 Å². The molecule has 5 nitrogen and oxygen atoms in total. The molecule has 0 fully saturated rings. The highest BCUT2D eigenvalue weighted by Crippen LogP contribution is 2.28. The number of methoxy groups -OCH3 is 1. The van der Waals surface area contributed by atoms with Gasteiger partial charge in [0.15, 0.2) is 0 Å². The van der Waals surface area contributed by atoms with Gasteiger partial charge in [0, 0.05) is 7.05 Å². The summed E-state index contributed by atoms with van der Waals surface area (Å²) in [7, 11) is 4.47. The van der Waals surface area contributed by atoms with Crippen LogP contribution in [0, 0.1) is 0 Å². The summed E-state index contributed by atoms with van der Waals surface area (Å²) in [5, 5.41) is 1.13. The molecule has 0 aliphatic carbocycles. The molecule has 2 aromatic rings. The molecule has 0 unspecified atom stereocenters. The van der Waals surface area contributed by atoms with Gasteiger partial charge in [-0.2, -0.15) is 0 Å². The van der Waals surface area contributed by atoms with Gasteiger partial charge in [0.25, 0.3) is 5.91 Å². The van der Waals surface area contributed by atoms with Gasteiger partial charge in [-0.15, -0.1) is 0 Å². The van der Waals surface area contributed by atoms with Crippen molar-refractivity contribution in [1.82, 2.24) is 5.06 Å². The van der Waals surface area contributed by atoms with Gasteiger partial charge in [-0.3, -0.25) is 9.63 Å². The number of rotatable bonds is 5. The number of nitrogens with zero attached hydrogens (tertiary/aromatic N) is 1. The second-order valence-corrected chi connectivity index (χ2v) is 4.26. The molecule has 5 heteroatoms. The van der Waals surface area contributed by atoms with Crippen molar-refractivity contribution in [3.63, 3.8) is 0 Å². The number of carbonyl (C=O) groups excluding carboxylic acids is 1. The Labute approximate surface area is 123 Å². The van der Waals surface area contributed by atoms with Crippen LogP contribution in [0.5, 0.6) is 17.2 Å². The lowest BCUT2D eigenvalue weighted by Gasteiger charge is -2.16. The summed E-state index contributed by atoms with van der Waals surface area (Å²) in [6.45, 7) is 0. The Morgan fingerprint density at radius 3 is 2.33 bits per heavy atom. The Morgan fingerprint density at radius 1 is 1.00 bits per heavy atom. The summed E-state index contributed by atoms with van der Waals surface area (Å²) in [5.74, 6) is 1.40. The normalized spacial score (nSPS) is 10.0. The number of ether oxygens (including phenoxy) is 2. The fraction of sp³-hybridized carbons (Fsp3) is 0.188. The van der Waals surface area contributed by atoms with Crippen molar-refractivity contribution in [3.8, 4) is 17.2 Å². The van der Waals surface area contributed by atoms with Crippen LogP contribution in [0.2, 0.25) is 0 Å². The fourth-order valence-electron chi connectivity index (χ4n) is 1.79. The Bertz CT molecular complexity index is 613. The summed E-state index contributed by atoms with van der Waals surface area (Å²) in [5.41, 5.74) is 0.371. The van der Waals surface area contributed by atoms with Crippen molar-refractivity contribution in [2.45, 2.75) is 0 Å². The van der Waals surface area contributed by atoms with E-state index < -0.39 is 0 Å². The quantitative estimate of drug-likeness (QED) is 0.793. The molecule has 0 saturated heterocycles. The Morgan fingerprint density at radius 2 is 1.71 bits per heavy atom. The van der Waals surface area contributed by atoms with Gasteiger partial charge >= 0.3 is 0 Å². The second kappa shape index (κ2) is 6.76. The molecule has 0 spiro atoms. The number of amides is 1. The van der Waals surface area contributed by atoms with Crippen molar-refractivity contribution >= 4 is 5.91 Å². The van der Waals surface area contributed by atoms with Crippen LogP contribution >= 0.6 is 0 Å². The maximum Gasteiger partial charge on any atom is 0.281 e. The van der Waals surface area contributed by atoms with E-state index >= 15 is 0 Å². The zero-order valence-electron chi connectivity index (χ0n) is 12.2. The highest BCUT2D eigenvalue weighted by atomic mass is 16.7. The number of hydrogen-bond acceptors (Lipinski definition) is 4. The minimum Gasteiger partial charge on any atom is -0.496 e. The van der Waals surface area contributed by atoms with Crippen molar-refractivity contribution in [1.29, 1.82) is 0 Å². The lowest BCUT2D eigenvalue weighted by atomic mass is 10.1. The summed E-state index contributed by atoms with van der Waals surface area (Å²) in [4.78, 5) is 17.1. The first-order chi connectivity index (χ1) is 10.2. The minimum atomic E-state index is -0.312. The standard InChI is InChI=1S/C16H17NO4/c1-17(20-3)16(18)14-11-13(9-10-15(14)19-2)21-12-7-5-4-6-8-12/h4-11H,1-3H3. The monoisotopic (exact) mass is 287 g/mol. The zero-order valence-corrected chi connectivity index (χ0v) is 12.2. The highest BCUT2D eigenvalue weighted by Gasteiger charge is 2.18. The maximum atomic E-state index is 12.2. The van der Waals surface area contributed by atoms with Crippen LogP contribution in [0.25, 0.3) is 0 Å². The molecule has 0 aliphatic rings. The first-order valence-corrected chi connectivity index (χ1v) is 6.39. The lowest BCUT2D eigenvalue weighted by Crippen LogP contribution is -2.25. The molecule has 0 aliphatic heterocycles. The number of carbonyl (C=O) groups is 1. The zero-order chi connectivity index (χ0) is 15.2. The third kappa shape index (κ3) is 3.52. The molecule has 0 aromatic heterocycles. The number of hydroxylamine groups is 2. The Balaban J connectivity index is 2.31. The molecule has 0 heterocycles. The van der Waals surface area contributed by atoms with E-state index in [1.54, 1.807) is 18.2 Å². The van der Waals surface area contributed by atoms with Gasteiger partial charge in [0.1, 0.15) is 17.2 Å². The van der Waals surface area contributed by atoms with E-state index in [2.05, 4.69) is 0 Å². The van der Waals surface area contributed by atoms with E-state index in [0.29, 0.717) is 22.8 Å². The van der Waals surface area contributed by atoms with E-state index in [1.165, 1.54) is 21.3 Å². The van der Waals surface area contributed by atoms with Crippen LogP contribution in [0.1, 0.15) is 10.4 Å². The molecule has 0 radical (unpaired) electrons. The average Bonchev–Trinajstić information content (AvgIpc) is 2.54. The van der Waals surface area contributed by atoms with Crippen LogP contribution < -0.4 is 9.47 Å². The van der Waals surface area contributed by atoms with Crippen LogP contribution in [-0.4, -0.2) is 32.2 Å². The molecule has 21 heavy (non-hydrogen) atoms. The Hall–Kier alpha value is -2.53. The molecular formula is C16H17NO4. The fourth-order valence-corrected chi connectivity index (χ4v) is 1.79. The number of hydrogen-bond donors (Lipinski definition) is 0. The average molecular weight is 287 g/mol. The van der Waals surface area contributed by atoms with Gasteiger partial charge in [-0.25, -0.2) is 5.06 Å². The van der Waals surface area contributed by atoms with Gasteiger partial charge in [0.2, 0.25) is 0 Å². The maximum absolute atomic E-state index is 12.2. The van der Waals surface area contributed by atoms with E-state index in [9.17, 15) is 4.79 Å². The molecule has 0 bridgehead atoms.